The summed E-state index contributed by atoms with van der Waals surface area (Å²) in [7, 11) is 0. The van der Waals surface area contributed by atoms with Gasteiger partial charge in [0.1, 0.15) is 0 Å². The van der Waals surface area contributed by atoms with E-state index >= 15 is 0 Å². The second-order valence-corrected chi connectivity index (χ2v) is 7.61. The topological polar surface area (TPSA) is 59.2 Å². The molecule has 0 saturated carbocycles. The molecule has 1 amide bonds. The minimum absolute atomic E-state index is 0.169. The summed E-state index contributed by atoms with van der Waals surface area (Å²) in [6.45, 7) is 7.11. The van der Waals surface area contributed by atoms with Gasteiger partial charge in [0.05, 0.1) is 5.75 Å². The molecule has 3 rings (SSSR count). The Bertz CT molecular complexity index is 724. The number of amides is 1. The van der Waals surface area contributed by atoms with E-state index in [1.54, 1.807) is 0 Å². The number of aromatic nitrogens is 2. The molecule has 0 N–H and O–H groups in total. The molecule has 1 fully saturated rings. The van der Waals surface area contributed by atoms with Crippen molar-refractivity contribution in [2.45, 2.75) is 57.7 Å². The maximum absolute atomic E-state index is 12.5. The zero-order chi connectivity index (χ0) is 17.8. The van der Waals surface area contributed by atoms with E-state index in [1.165, 1.54) is 18.2 Å². The number of piperidine rings is 1. The average Bonchev–Trinajstić information content (AvgIpc) is 3.08. The molecule has 2 heterocycles. The van der Waals surface area contributed by atoms with Gasteiger partial charge in [0.15, 0.2) is 0 Å². The van der Waals surface area contributed by atoms with Gasteiger partial charge in [-0.3, -0.25) is 4.79 Å². The van der Waals surface area contributed by atoms with E-state index in [1.807, 2.05) is 30.9 Å². The van der Waals surface area contributed by atoms with Crippen LogP contribution in [0.5, 0.6) is 0 Å². The molecule has 0 radical (unpaired) electrons. The second kappa shape index (κ2) is 8.04. The molecule has 1 saturated heterocycles. The Morgan fingerprint density at radius 1 is 1.24 bits per heavy atom. The zero-order valence-electron chi connectivity index (χ0n) is 15.1. The second-order valence-electron chi connectivity index (χ2n) is 6.68. The molecule has 1 aromatic carbocycles. The van der Waals surface area contributed by atoms with Crippen molar-refractivity contribution < 1.29 is 9.21 Å². The van der Waals surface area contributed by atoms with E-state index in [0.717, 1.165) is 42.5 Å². The SMILES string of the molecule is CCC1CCCCN1C(=O)CSc1nnc(-c2cc(C)cc(C)c2)o1. The number of benzene rings is 1. The van der Waals surface area contributed by atoms with Crippen LogP contribution in [-0.2, 0) is 4.79 Å². The van der Waals surface area contributed by atoms with Crippen molar-refractivity contribution in [3.8, 4) is 11.5 Å². The molecule has 0 spiro atoms. The van der Waals surface area contributed by atoms with Gasteiger partial charge in [0.25, 0.3) is 5.22 Å². The molecule has 5 nitrogen and oxygen atoms in total. The molecule has 1 atom stereocenters. The summed E-state index contributed by atoms with van der Waals surface area (Å²) in [5, 5.41) is 8.66. The number of hydrogen-bond donors (Lipinski definition) is 0. The highest BCUT2D eigenvalue weighted by Crippen LogP contribution is 2.26. The van der Waals surface area contributed by atoms with Crippen LogP contribution in [0, 0.1) is 13.8 Å². The van der Waals surface area contributed by atoms with Gasteiger partial charge in [-0.2, -0.15) is 0 Å². The maximum atomic E-state index is 12.5. The van der Waals surface area contributed by atoms with Crippen molar-refractivity contribution in [2.75, 3.05) is 12.3 Å². The van der Waals surface area contributed by atoms with Gasteiger partial charge in [-0.15, -0.1) is 10.2 Å². The first-order valence-electron chi connectivity index (χ1n) is 8.91. The number of aryl methyl sites for hydroxylation is 2. The predicted octanol–water partition coefficient (Wildman–Crippen LogP) is 4.24. The lowest BCUT2D eigenvalue weighted by atomic mass is 10.0. The number of likely N-dealkylation sites (tertiary alicyclic amines) is 1. The van der Waals surface area contributed by atoms with E-state index in [2.05, 4.69) is 23.2 Å². The number of thioether (sulfide) groups is 1. The van der Waals surface area contributed by atoms with Crippen molar-refractivity contribution in [3.05, 3.63) is 29.3 Å². The molecule has 6 heteroatoms. The Hall–Kier alpha value is -1.82. The van der Waals surface area contributed by atoms with Crippen molar-refractivity contribution in [2.24, 2.45) is 0 Å². The lowest BCUT2D eigenvalue weighted by Gasteiger charge is -2.35. The number of carbonyl (C=O) groups excluding carboxylic acids is 1. The van der Waals surface area contributed by atoms with E-state index in [-0.39, 0.29) is 5.91 Å². The average molecular weight is 359 g/mol. The monoisotopic (exact) mass is 359 g/mol. The first-order chi connectivity index (χ1) is 12.1. The largest absolute Gasteiger partial charge is 0.411 e. The normalized spacial score (nSPS) is 17.7. The third-order valence-corrected chi connectivity index (χ3v) is 5.42. The fourth-order valence-corrected chi connectivity index (χ4v) is 4.09. The van der Waals surface area contributed by atoms with Gasteiger partial charge < -0.3 is 9.32 Å². The van der Waals surface area contributed by atoms with E-state index in [9.17, 15) is 4.79 Å². The van der Waals surface area contributed by atoms with Crippen LogP contribution in [0.2, 0.25) is 0 Å². The standard InChI is InChI=1S/C19H25N3O2S/c1-4-16-7-5-6-8-22(16)17(23)12-25-19-21-20-18(24-19)15-10-13(2)9-14(3)11-15/h9-11,16H,4-8,12H2,1-3H3. The van der Waals surface area contributed by atoms with Crippen LogP contribution >= 0.6 is 11.8 Å². The molecule has 1 aromatic heterocycles. The number of rotatable bonds is 5. The number of hydrogen-bond acceptors (Lipinski definition) is 5. The van der Waals surface area contributed by atoms with Crippen LogP contribution in [0.1, 0.15) is 43.7 Å². The summed E-state index contributed by atoms with van der Waals surface area (Å²) in [6.07, 6.45) is 4.46. The minimum atomic E-state index is 0.169. The molecule has 1 unspecified atom stereocenters. The lowest BCUT2D eigenvalue weighted by molar-refractivity contribution is -0.132. The maximum Gasteiger partial charge on any atom is 0.277 e. The van der Waals surface area contributed by atoms with Crippen LogP contribution in [0.15, 0.2) is 27.8 Å². The van der Waals surface area contributed by atoms with Crippen LogP contribution in [0.3, 0.4) is 0 Å². The van der Waals surface area contributed by atoms with Crippen LogP contribution in [-0.4, -0.2) is 39.3 Å². The van der Waals surface area contributed by atoms with E-state index in [0.29, 0.717) is 22.9 Å². The van der Waals surface area contributed by atoms with Crippen LogP contribution in [0.4, 0.5) is 0 Å². The van der Waals surface area contributed by atoms with Crippen molar-refractivity contribution in [1.82, 2.24) is 15.1 Å². The van der Waals surface area contributed by atoms with Crippen LogP contribution < -0.4 is 0 Å². The highest BCUT2D eigenvalue weighted by molar-refractivity contribution is 7.99. The highest BCUT2D eigenvalue weighted by atomic mass is 32.2. The van der Waals surface area contributed by atoms with Crippen molar-refractivity contribution in [1.29, 1.82) is 0 Å². The Morgan fingerprint density at radius 3 is 2.72 bits per heavy atom. The van der Waals surface area contributed by atoms with Gasteiger partial charge in [0.2, 0.25) is 11.8 Å². The zero-order valence-corrected chi connectivity index (χ0v) is 15.9. The van der Waals surface area contributed by atoms with Gasteiger partial charge in [-0.25, -0.2) is 0 Å². The summed E-state index contributed by atoms with van der Waals surface area (Å²) in [6, 6.07) is 6.55. The number of carbonyl (C=O) groups is 1. The van der Waals surface area contributed by atoms with Gasteiger partial charge in [0, 0.05) is 18.2 Å². The fraction of sp³-hybridized carbons (Fsp3) is 0.526. The molecule has 1 aliphatic rings. The molecule has 134 valence electrons. The third-order valence-electron chi connectivity index (χ3n) is 4.61. The molecule has 25 heavy (non-hydrogen) atoms. The summed E-state index contributed by atoms with van der Waals surface area (Å²) in [5.41, 5.74) is 3.24. The van der Waals surface area contributed by atoms with Crippen molar-refractivity contribution in [3.63, 3.8) is 0 Å². The summed E-state index contributed by atoms with van der Waals surface area (Å²) in [4.78, 5) is 14.5. The quantitative estimate of drug-likeness (QED) is 0.748. The Morgan fingerprint density at radius 2 is 2.00 bits per heavy atom. The summed E-state index contributed by atoms with van der Waals surface area (Å²) < 4.78 is 5.74. The van der Waals surface area contributed by atoms with E-state index < -0.39 is 0 Å². The first-order valence-corrected chi connectivity index (χ1v) is 9.90. The molecule has 2 aromatic rings. The highest BCUT2D eigenvalue weighted by Gasteiger charge is 2.25. The fourth-order valence-electron chi connectivity index (χ4n) is 3.44. The summed E-state index contributed by atoms with van der Waals surface area (Å²) in [5.74, 6) is 1.03. The van der Waals surface area contributed by atoms with Gasteiger partial charge in [-0.05, 0) is 51.7 Å². The van der Waals surface area contributed by atoms with Gasteiger partial charge >= 0.3 is 0 Å². The third kappa shape index (κ3) is 4.42. The Kier molecular flexibility index (Phi) is 5.78. The summed E-state index contributed by atoms with van der Waals surface area (Å²) >= 11 is 1.33. The minimum Gasteiger partial charge on any atom is -0.411 e. The van der Waals surface area contributed by atoms with Gasteiger partial charge in [-0.1, -0.05) is 35.9 Å². The predicted molar refractivity (Wildman–Crippen MR) is 99.6 cm³/mol. The number of nitrogens with zero attached hydrogens (tertiary/aromatic N) is 3. The first kappa shape index (κ1) is 18.0. The molecule has 1 aliphatic heterocycles. The smallest absolute Gasteiger partial charge is 0.277 e. The lowest BCUT2D eigenvalue weighted by Crippen LogP contribution is -2.44. The Balaban J connectivity index is 1.62. The van der Waals surface area contributed by atoms with E-state index in [4.69, 9.17) is 4.42 Å². The Labute approximate surface area is 153 Å². The molecule has 0 bridgehead atoms. The molecular formula is C19H25N3O2S. The molecular weight excluding hydrogens is 334 g/mol. The van der Waals surface area contributed by atoms with Crippen molar-refractivity contribution >= 4 is 17.7 Å². The molecule has 0 aliphatic carbocycles. The van der Waals surface area contributed by atoms with Crippen LogP contribution in [0.25, 0.3) is 11.5 Å².